The average molecular weight is 419 g/mol. The highest BCUT2D eigenvalue weighted by Gasteiger charge is 2.17. The van der Waals surface area contributed by atoms with Gasteiger partial charge in [-0.05, 0) is 55.2 Å². The van der Waals surface area contributed by atoms with Gasteiger partial charge in [0.05, 0.1) is 18.5 Å². The molecule has 160 valence electrons. The number of aromatic nitrogens is 4. The summed E-state index contributed by atoms with van der Waals surface area (Å²) in [5, 5.41) is 15.6. The minimum atomic E-state index is -0.179. The van der Waals surface area contributed by atoms with E-state index in [-0.39, 0.29) is 5.91 Å². The highest BCUT2D eigenvalue weighted by Crippen LogP contribution is 2.23. The fourth-order valence-corrected chi connectivity index (χ4v) is 3.22. The quantitative estimate of drug-likeness (QED) is 0.456. The number of amides is 1. The number of hydrogen-bond acceptors (Lipinski definition) is 6. The Labute approximate surface area is 180 Å². The van der Waals surface area contributed by atoms with Crippen LogP contribution in [0.2, 0.25) is 0 Å². The molecule has 4 rings (SSSR count). The fourth-order valence-electron chi connectivity index (χ4n) is 3.22. The largest absolute Gasteiger partial charge is 0.467 e. The summed E-state index contributed by atoms with van der Waals surface area (Å²) in [7, 11) is 0. The molecule has 4 aromatic rings. The molecule has 1 aromatic carbocycles. The van der Waals surface area contributed by atoms with Gasteiger partial charge in [-0.2, -0.15) is 5.10 Å². The number of benzene rings is 1. The molecule has 3 heterocycles. The molecule has 0 aliphatic rings. The van der Waals surface area contributed by atoms with Crippen LogP contribution in [0.1, 0.15) is 48.0 Å². The van der Waals surface area contributed by atoms with Crippen LogP contribution < -0.4 is 5.32 Å². The van der Waals surface area contributed by atoms with Gasteiger partial charge in [0.15, 0.2) is 0 Å². The summed E-state index contributed by atoms with van der Waals surface area (Å²) < 4.78 is 12.7. The molecule has 3 aromatic heterocycles. The van der Waals surface area contributed by atoms with Gasteiger partial charge in [-0.15, -0.1) is 10.2 Å². The lowest BCUT2D eigenvalue weighted by atomic mass is 10.1. The Morgan fingerprint density at radius 1 is 1.16 bits per heavy atom. The van der Waals surface area contributed by atoms with E-state index in [1.165, 1.54) is 0 Å². The van der Waals surface area contributed by atoms with Gasteiger partial charge in [-0.3, -0.25) is 4.79 Å². The molecule has 8 heteroatoms. The second-order valence-corrected chi connectivity index (χ2v) is 7.80. The van der Waals surface area contributed by atoms with Crippen molar-refractivity contribution < 1.29 is 13.6 Å². The van der Waals surface area contributed by atoms with Crippen molar-refractivity contribution in [3.05, 3.63) is 71.6 Å². The molecule has 0 aliphatic heterocycles. The van der Waals surface area contributed by atoms with Gasteiger partial charge in [0, 0.05) is 18.2 Å². The maximum Gasteiger partial charge on any atom is 0.268 e. The predicted molar refractivity (Wildman–Crippen MR) is 115 cm³/mol. The summed E-state index contributed by atoms with van der Waals surface area (Å²) in [6.45, 7) is 6.45. The molecule has 0 aliphatic carbocycles. The van der Waals surface area contributed by atoms with Gasteiger partial charge in [-0.25, -0.2) is 4.68 Å². The van der Waals surface area contributed by atoms with Crippen molar-refractivity contribution in [2.24, 2.45) is 5.92 Å². The number of carbonyl (C=O) groups excluding carboxylic acids is 1. The third-order valence-electron chi connectivity index (χ3n) is 4.86. The molecular weight excluding hydrogens is 394 g/mol. The lowest BCUT2D eigenvalue weighted by Crippen LogP contribution is -2.22. The Kier molecular flexibility index (Phi) is 5.97. The van der Waals surface area contributed by atoms with Gasteiger partial charge in [0.2, 0.25) is 5.89 Å². The van der Waals surface area contributed by atoms with E-state index < -0.39 is 0 Å². The standard InChI is InChI=1S/C23H25N5O3/c1-15(2)9-10-19-13-21(23-26-25-16(3)31-23)27-28(19)18-7-4-6-17(12-18)22(29)24-14-20-8-5-11-30-20/h4-8,11-13,15H,9-10,14H2,1-3H3,(H,24,29). The van der Waals surface area contributed by atoms with Crippen molar-refractivity contribution in [1.29, 1.82) is 0 Å². The molecule has 0 saturated carbocycles. The molecule has 8 nitrogen and oxygen atoms in total. The zero-order chi connectivity index (χ0) is 21.8. The Morgan fingerprint density at radius 2 is 2.03 bits per heavy atom. The van der Waals surface area contributed by atoms with Crippen LogP contribution >= 0.6 is 0 Å². The Bertz CT molecular complexity index is 1160. The van der Waals surface area contributed by atoms with Crippen molar-refractivity contribution in [3.63, 3.8) is 0 Å². The van der Waals surface area contributed by atoms with Gasteiger partial charge < -0.3 is 14.2 Å². The maximum atomic E-state index is 12.6. The van der Waals surface area contributed by atoms with E-state index in [1.807, 2.05) is 35.0 Å². The first-order chi connectivity index (χ1) is 15.0. The highest BCUT2D eigenvalue weighted by molar-refractivity contribution is 5.94. The van der Waals surface area contributed by atoms with E-state index in [0.29, 0.717) is 41.3 Å². The summed E-state index contributed by atoms with van der Waals surface area (Å²) in [5.74, 6) is 1.95. The van der Waals surface area contributed by atoms with E-state index in [1.54, 1.807) is 25.3 Å². The van der Waals surface area contributed by atoms with Crippen LogP contribution in [0.5, 0.6) is 0 Å². The van der Waals surface area contributed by atoms with E-state index in [0.717, 1.165) is 24.2 Å². The Hall–Kier alpha value is -3.68. The molecule has 1 amide bonds. The van der Waals surface area contributed by atoms with Crippen LogP contribution in [0.3, 0.4) is 0 Å². The summed E-state index contributed by atoms with van der Waals surface area (Å²) in [5.41, 5.74) is 2.98. The van der Waals surface area contributed by atoms with Crippen molar-refractivity contribution in [2.75, 3.05) is 0 Å². The van der Waals surface area contributed by atoms with E-state index in [9.17, 15) is 4.79 Å². The fraction of sp³-hybridized carbons (Fsp3) is 0.304. The molecule has 0 fully saturated rings. The van der Waals surface area contributed by atoms with Crippen molar-refractivity contribution in [1.82, 2.24) is 25.3 Å². The minimum absolute atomic E-state index is 0.179. The predicted octanol–water partition coefficient (Wildman–Crippen LogP) is 4.34. The zero-order valence-electron chi connectivity index (χ0n) is 17.8. The maximum absolute atomic E-state index is 12.6. The number of furan rings is 1. The number of carbonyl (C=O) groups is 1. The first kappa shape index (κ1) is 20.6. The highest BCUT2D eigenvalue weighted by atomic mass is 16.4. The molecule has 0 bridgehead atoms. The lowest BCUT2D eigenvalue weighted by molar-refractivity contribution is 0.0948. The summed E-state index contributed by atoms with van der Waals surface area (Å²) in [6, 6.07) is 13.0. The van der Waals surface area contributed by atoms with Gasteiger partial charge in [0.1, 0.15) is 11.5 Å². The van der Waals surface area contributed by atoms with E-state index in [4.69, 9.17) is 13.9 Å². The van der Waals surface area contributed by atoms with Crippen molar-refractivity contribution >= 4 is 5.91 Å². The third kappa shape index (κ3) is 4.91. The van der Waals surface area contributed by atoms with Crippen LogP contribution in [0, 0.1) is 12.8 Å². The average Bonchev–Trinajstić information content (AvgIpc) is 3.51. The van der Waals surface area contributed by atoms with Crippen LogP contribution in [0.25, 0.3) is 17.3 Å². The number of rotatable bonds is 8. The molecular formula is C23H25N5O3. The minimum Gasteiger partial charge on any atom is -0.467 e. The molecule has 0 spiro atoms. The van der Waals surface area contributed by atoms with Crippen LogP contribution in [0.4, 0.5) is 0 Å². The number of aryl methyl sites for hydroxylation is 2. The summed E-state index contributed by atoms with van der Waals surface area (Å²) in [4.78, 5) is 12.6. The SMILES string of the molecule is Cc1nnc(-c2cc(CCC(C)C)n(-c3cccc(C(=O)NCc4ccco4)c3)n2)o1. The summed E-state index contributed by atoms with van der Waals surface area (Å²) >= 11 is 0. The van der Waals surface area contributed by atoms with E-state index >= 15 is 0 Å². The topological polar surface area (TPSA) is 99.0 Å². The van der Waals surface area contributed by atoms with Gasteiger partial charge in [0.25, 0.3) is 11.8 Å². The van der Waals surface area contributed by atoms with Crippen LogP contribution in [-0.2, 0) is 13.0 Å². The molecule has 0 radical (unpaired) electrons. The molecule has 31 heavy (non-hydrogen) atoms. The second-order valence-electron chi connectivity index (χ2n) is 7.80. The van der Waals surface area contributed by atoms with Crippen LogP contribution in [0.15, 0.2) is 57.6 Å². The first-order valence-electron chi connectivity index (χ1n) is 10.3. The van der Waals surface area contributed by atoms with E-state index in [2.05, 4.69) is 29.4 Å². The monoisotopic (exact) mass is 419 g/mol. The van der Waals surface area contributed by atoms with Gasteiger partial charge in [-0.1, -0.05) is 19.9 Å². The first-order valence-corrected chi connectivity index (χ1v) is 10.3. The number of hydrogen-bond donors (Lipinski definition) is 1. The lowest BCUT2D eigenvalue weighted by Gasteiger charge is -2.10. The number of nitrogens with one attached hydrogen (secondary N) is 1. The molecule has 0 atom stereocenters. The van der Waals surface area contributed by atoms with Crippen molar-refractivity contribution in [2.45, 2.75) is 40.2 Å². The smallest absolute Gasteiger partial charge is 0.268 e. The summed E-state index contributed by atoms with van der Waals surface area (Å²) in [6.07, 6.45) is 3.44. The van der Waals surface area contributed by atoms with Crippen molar-refractivity contribution in [3.8, 4) is 17.3 Å². The molecule has 0 unspecified atom stereocenters. The van der Waals surface area contributed by atoms with Gasteiger partial charge >= 0.3 is 0 Å². The van der Waals surface area contributed by atoms with Crippen LogP contribution in [-0.4, -0.2) is 25.9 Å². The molecule has 0 saturated heterocycles. The Morgan fingerprint density at radius 3 is 2.74 bits per heavy atom. The zero-order valence-corrected chi connectivity index (χ0v) is 17.8. The third-order valence-corrected chi connectivity index (χ3v) is 4.86. The Balaban J connectivity index is 1.62. The normalized spacial score (nSPS) is 11.2. The second kappa shape index (κ2) is 8.99. The molecule has 1 N–H and O–H groups in total. The number of nitrogens with zero attached hydrogens (tertiary/aromatic N) is 4.